The Balaban J connectivity index is 2.37. The second-order valence-electron chi connectivity index (χ2n) is 4.37. The molecule has 0 aromatic heterocycles. The lowest BCUT2D eigenvalue weighted by Crippen LogP contribution is -2.39. The van der Waals surface area contributed by atoms with Crippen LogP contribution >= 0.6 is 0 Å². The van der Waals surface area contributed by atoms with E-state index in [0.717, 1.165) is 19.3 Å². The number of carbonyl (C=O) groups excluding carboxylic acids is 1. The topological polar surface area (TPSA) is 41.6 Å². The van der Waals surface area contributed by atoms with Gasteiger partial charge >= 0.3 is 0 Å². The van der Waals surface area contributed by atoms with Crippen molar-refractivity contribution in [1.82, 2.24) is 10.2 Å². The van der Waals surface area contributed by atoms with Gasteiger partial charge in [-0.05, 0) is 20.3 Å². The van der Waals surface area contributed by atoms with Crippen molar-refractivity contribution < 1.29 is 9.53 Å². The number of hydrogen-bond acceptors (Lipinski definition) is 3. The summed E-state index contributed by atoms with van der Waals surface area (Å²) in [6, 6.07) is 0.204. The molecular formula is C12H24N2O2. The van der Waals surface area contributed by atoms with E-state index < -0.39 is 0 Å². The molecule has 4 nitrogen and oxygen atoms in total. The summed E-state index contributed by atoms with van der Waals surface area (Å²) in [4.78, 5) is 13.9. The molecule has 1 aliphatic heterocycles. The number of unbranched alkanes of at least 4 members (excludes halogenated alkanes) is 1. The van der Waals surface area contributed by atoms with Crippen LogP contribution in [0.25, 0.3) is 0 Å². The highest BCUT2D eigenvalue weighted by atomic mass is 16.5. The predicted molar refractivity (Wildman–Crippen MR) is 64.1 cm³/mol. The van der Waals surface area contributed by atoms with Gasteiger partial charge in [-0.15, -0.1) is 0 Å². The number of rotatable bonds is 7. The maximum absolute atomic E-state index is 12.0. The number of nitrogens with one attached hydrogen (secondary N) is 1. The highest BCUT2D eigenvalue weighted by molar-refractivity contribution is 5.84. The van der Waals surface area contributed by atoms with Gasteiger partial charge in [0.05, 0.1) is 25.4 Å². The maximum Gasteiger partial charge on any atom is 0.241 e. The molecule has 0 aromatic rings. The van der Waals surface area contributed by atoms with Gasteiger partial charge in [-0.1, -0.05) is 19.8 Å². The first kappa shape index (κ1) is 13.5. The van der Waals surface area contributed by atoms with Gasteiger partial charge in [-0.3, -0.25) is 10.1 Å². The Morgan fingerprint density at radius 1 is 1.56 bits per heavy atom. The molecule has 1 fully saturated rings. The fraction of sp³-hybridized carbons (Fsp3) is 0.917. The SMILES string of the molecule is CCCCC1NCN(C(C)COCC)C1=O. The summed E-state index contributed by atoms with van der Waals surface area (Å²) in [5.41, 5.74) is 0. The van der Waals surface area contributed by atoms with Crippen molar-refractivity contribution in [3.05, 3.63) is 0 Å². The lowest BCUT2D eigenvalue weighted by Gasteiger charge is -2.23. The van der Waals surface area contributed by atoms with Crippen LogP contribution in [-0.4, -0.2) is 42.8 Å². The smallest absolute Gasteiger partial charge is 0.241 e. The molecule has 0 bridgehead atoms. The molecule has 0 radical (unpaired) electrons. The molecule has 0 spiro atoms. The van der Waals surface area contributed by atoms with Crippen molar-refractivity contribution in [2.75, 3.05) is 19.9 Å². The van der Waals surface area contributed by atoms with Gasteiger partial charge in [0.25, 0.3) is 0 Å². The fourth-order valence-corrected chi connectivity index (χ4v) is 1.96. The molecular weight excluding hydrogens is 204 g/mol. The number of nitrogens with zero attached hydrogens (tertiary/aromatic N) is 1. The lowest BCUT2D eigenvalue weighted by molar-refractivity contribution is -0.131. The quantitative estimate of drug-likeness (QED) is 0.715. The Hall–Kier alpha value is -0.610. The van der Waals surface area contributed by atoms with E-state index in [0.29, 0.717) is 19.9 Å². The van der Waals surface area contributed by atoms with Crippen LogP contribution in [0.5, 0.6) is 0 Å². The van der Waals surface area contributed by atoms with Gasteiger partial charge in [-0.25, -0.2) is 0 Å². The zero-order valence-corrected chi connectivity index (χ0v) is 10.7. The number of hydrogen-bond donors (Lipinski definition) is 1. The van der Waals surface area contributed by atoms with Crippen LogP contribution in [0.2, 0.25) is 0 Å². The first-order valence-corrected chi connectivity index (χ1v) is 6.32. The normalized spacial score (nSPS) is 22.8. The van der Waals surface area contributed by atoms with E-state index >= 15 is 0 Å². The second-order valence-corrected chi connectivity index (χ2v) is 4.37. The Labute approximate surface area is 98.3 Å². The van der Waals surface area contributed by atoms with Crippen LogP contribution in [-0.2, 0) is 9.53 Å². The summed E-state index contributed by atoms with van der Waals surface area (Å²) in [7, 11) is 0. The molecule has 4 heteroatoms. The molecule has 0 aliphatic carbocycles. The van der Waals surface area contributed by atoms with Gasteiger partial charge in [-0.2, -0.15) is 0 Å². The number of amides is 1. The zero-order valence-electron chi connectivity index (χ0n) is 10.7. The zero-order chi connectivity index (χ0) is 12.0. The van der Waals surface area contributed by atoms with Crippen molar-refractivity contribution in [3.63, 3.8) is 0 Å². The lowest BCUT2D eigenvalue weighted by atomic mass is 10.1. The molecule has 1 rings (SSSR count). The Kier molecular flexibility index (Phi) is 5.77. The summed E-state index contributed by atoms with van der Waals surface area (Å²) in [6.07, 6.45) is 3.20. The van der Waals surface area contributed by atoms with E-state index in [1.807, 2.05) is 18.7 Å². The van der Waals surface area contributed by atoms with E-state index in [4.69, 9.17) is 4.74 Å². The van der Waals surface area contributed by atoms with E-state index in [-0.39, 0.29) is 18.0 Å². The average molecular weight is 228 g/mol. The first-order chi connectivity index (χ1) is 7.70. The average Bonchev–Trinajstić information content (AvgIpc) is 2.65. The van der Waals surface area contributed by atoms with Gasteiger partial charge in [0.1, 0.15) is 0 Å². The maximum atomic E-state index is 12.0. The van der Waals surface area contributed by atoms with Crippen LogP contribution in [0, 0.1) is 0 Å². The van der Waals surface area contributed by atoms with E-state index in [1.165, 1.54) is 0 Å². The summed E-state index contributed by atoms with van der Waals surface area (Å²) >= 11 is 0. The molecule has 16 heavy (non-hydrogen) atoms. The monoisotopic (exact) mass is 228 g/mol. The van der Waals surface area contributed by atoms with Crippen LogP contribution in [0.1, 0.15) is 40.0 Å². The van der Waals surface area contributed by atoms with Gasteiger partial charge in [0.15, 0.2) is 0 Å². The fourth-order valence-electron chi connectivity index (χ4n) is 1.96. The van der Waals surface area contributed by atoms with Crippen molar-refractivity contribution >= 4 is 5.91 Å². The summed E-state index contributed by atoms with van der Waals surface area (Å²) in [5, 5.41) is 3.27. The molecule has 1 saturated heterocycles. The largest absolute Gasteiger partial charge is 0.380 e. The minimum absolute atomic E-state index is 0.0315. The molecule has 1 amide bonds. The van der Waals surface area contributed by atoms with Crippen LogP contribution in [0.4, 0.5) is 0 Å². The van der Waals surface area contributed by atoms with Crippen LogP contribution in [0.15, 0.2) is 0 Å². The van der Waals surface area contributed by atoms with Crippen LogP contribution in [0.3, 0.4) is 0 Å². The number of carbonyl (C=O) groups is 1. The van der Waals surface area contributed by atoms with E-state index in [2.05, 4.69) is 12.2 Å². The standard InChI is InChI=1S/C12H24N2O2/c1-4-6-7-11-12(15)14(9-13-11)10(3)8-16-5-2/h10-11,13H,4-9H2,1-3H3. The van der Waals surface area contributed by atoms with Crippen molar-refractivity contribution in [3.8, 4) is 0 Å². The summed E-state index contributed by atoms with van der Waals surface area (Å²) in [6.45, 7) is 8.16. The van der Waals surface area contributed by atoms with Crippen LogP contribution < -0.4 is 5.32 Å². The van der Waals surface area contributed by atoms with E-state index in [1.54, 1.807) is 0 Å². The minimum Gasteiger partial charge on any atom is -0.380 e. The molecule has 2 unspecified atom stereocenters. The summed E-state index contributed by atoms with van der Waals surface area (Å²) < 4.78 is 5.35. The van der Waals surface area contributed by atoms with Gasteiger partial charge in [0.2, 0.25) is 5.91 Å². The van der Waals surface area contributed by atoms with Crippen molar-refractivity contribution in [1.29, 1.82) is 0 Å². The Bertz CT molecular complexity index is 221. The predicted octanol–water partition coefficient (Wildman–Crippen LogP) is 1.36. The third-order valence-corrected chi connectivity index (χ3v) is 3.03. The molecule has 1 heterocycles. The number of ether oxygens (including phenoxy) is 1. The summed E-state index contributed by atoms with van der Waals surface area (Å²) in [5.74, 6) is 0.237. The molecule has 1 N–H and O–H groups in total. The molecule has 1 aliphatic rings. The highest BCUT2D eigenvalue weighted by Gasteiger charge is 2.33. The third kappa shape index (κ3) is 3.46. The Morgan fingerprint density at radius 3 is 2.94 bits per heavy atom. The van der Waals surface area contributed by atoms with Crippen molar-refractivity contribution in [2.45, 2.75) is 52.1 Å². The second kappa shape index (κ2) is 6.86. The first-order valence-electron chi connectivity index (χ1n) is 6.32. The van der Waals surface area contributed by atoms with Crippen molar-refractivity contribution in [2.24, 2.45) is 0 Å². The molecule has 94 valence electrons. The third-order valence-electron chi connectivity index (χ3n) is 3.03. The van der Waals surface area contributed by atoms with Gasteiger partial charge in [0, 0.05) is 6.61 Å². The highest BCUT2D eigenvalue weighted by Crippen LogP contribution is 2.13. The Morgan fingerprint density at radius 2 is 2.31 bits per heavy atom. The van der Waals surface area contributed by atoms with Gasteiger partial charge < -0.3 is 9.64 Å². The molecule has 0 saturated carbocycles. The molecule has 0 aromatic carbocycles. The van der Waals surface area contributed by atoms with E-state index in [9.17, 15) is 4.79 Å². The molecule has 2 atom stereocenters. The minimum atomic E-state index is 0.0315.